The fraction of sp³-hybridized carbons (Fsp3) is 0.533. The number of amides is 1. The van der Waals surface area contributed by atoms with Crippen molar-refractivity contribution < 1.29 is 13.9 Å². The van der Waals surface area contributed by atoms with Crippen LogP contribution in [0.4, 0.5) is 4.39 Å². The summed E-state index contributed by atoms with van der Waals surface area (Å²) in [5, 5.41) is 6.20. The van der Waals surface area contributed by atoms with Gasteiger partial charge in [-0.2, -0.15) is 0 Å². The number of rotatable bonds is 5. The lowest BCUT2D eigenvalue weighted by Crippen LogP contribution is -2.49. The van der Waals surface area contributed by atoms with Crippen molar-refractivity contribution in [3.05, 3.63) is 30.1 Å². The zero-order valence-corrected chi connectivity index (χ0v) is 11.7. The molecular formula is C15H21FN2O2. The number of hydrogen-bond donors (Lipinski definition) is 2. The highest BCUT2D eigenvalue weighted by Crippen LogP contribution is 2.18. The molecule has 1 aromatic carbocycles. The molecule has 0 aromatic heterocycles. The average molecular weight is 280 g/mol. The first-order valence-corrected chi connectivity index (χ1v) is 7.13. The Morgan fingerprint density at radius 2 is 2.35 bits per heavy atom. The summed E-state index contributed by atoms with van der Waals surface area (Å²) < 4.78 is 19.0. The van der Waals surface area contributed by atoms with Gasteiger partial charge in [-0.3, -0.25) is 4.79 Å². The lowest BCUT2D eigenvalue weighted by Gasteiger charge is -2.26. The van der Waals surface area contributed by atoms with E-state index in [0.29, 0.717) is 6.42 Å². The minimum atomic E-state index is -0.658. The highest BCUT2D eigenvalue weighted by molar-refractivity contribution is 5.81. The van der Waals surface area contributed by atoms with E-state index in [4.69, 9.17) is 4.74 Å². The number of carbonyl (C=O) groups excluding carboxylic acids is 1. The molecule has 2 rings (SSSR count). The number of hydrogen-bond acceptors (Lipinski definition) is 3. The Kier molecular flexibility index (Phi) is 5.35. The third kappa shape index (κ3) is 3.93. The van der Waals surface area contributed by atoms with Crippen molar-refractivity contribution in [1.29, 1.82) is 0 Å². The van der Waals surface area contributed by atoms with Crippen molar-refractivity contribution in [3.63, 3.8) is 0 Å². The van der Waals surface area contributed by atoms with Crippen molar-refractivity contribution in [2.45, 2.75) is 38.3 Å². The molecule has 20 heavy (non-hydrogen) atoms. The summed E-state index contributed by atoms with van der Waals surface area (Å²) in [6.45, 7) is 3.63. The fourth-order valence-corrected chi connectivity index (χ4v) is 2.28. The van der Waals surface area contributed by atoms with Gasteiger partial charge in [0.25, 0.3) is 5.91 Å². The summed E-state index contributed by atoms with van der Waals surface area (Å²) in [7, 11) is 0. The molecule has 1 aliphatic rings. The minimum absolute atomic E-state index is 0.122. The van der Waals surface area contributed by atoms with E-state index in [-0.39, 0.29) is 17.7 Å². The molecule has 0 spiro atoms. The number of para-hydroxylation sites is 1. The molecule has 1 aliphatic heterocycles. The first-order chi connectivity index (χ1) is 9.70. The Morgan fingerprint density at radius 3 is 3.00 bits per heavy atom. The quantitative estimate of drug-likeness (QED) is 0.865. The van der Waals surface area contributed by atoms with Crippen molar-refractivity contribution in [3.8, 4) is 5.75 Å². The first-order valence-electron chi connectivity index (χ1n) is 7.13. The lowest BCUT2D eigenvalue weighted by atomic mass is 10.1. The van der Waals surface area contributed by atoms with Crippen molar-refractivity contribution in [2.75, 3.05) is 13.1 Å². The van der Waals surface area contributed by atoms with Crippen LogP contribution in [0.25, 0.3) is 0 Å². The maximum absolute atomic E-state index is 13.5. The van der Waals surface area contributed by atoms with Crippen LogP contribution in [-0.2, 0) is 4.79 Å². The van der Waals surface area contributed by atoms with Gasteiger partial charge in [0.15, 0.2) is 17.7 Å². The monoisotopic (exact) mass is 280 g/mol. The fourth-order valence-electron chi connectivity index (χ4n) is 2.28. The van der Waals surface area contributed by atoms with Crippen LogP contribution < -0.4 is 15.4 Å². The minimum Gasteiger partial charge on any atom is -0.478 e. The second-order valence-electron chi connectivity index (χ2n) is 5.00. The summed E-state index contributed by atoms with van der Waals surface area (Å²) in [5.74, 6) is -0.501. The molecule has 1 unspecified atom stereocenters. The maximum atomic E-state index is 13.5. The van der Waals surface area contributed by atoms with E-state index in [0.717, 1.165) is 25.9 Å². The number of nitrogens with one attached hydrogen (secondary N) is 2. The van der Waals surface area contributed by atoms with Crippen molar-refractivity contribution in [1.82, 2.24) is 10.6 Å². The van der Waals surface area contributed by atoms with Gasteiger partial charge in [-0.25, -0.2) is 4.39 Å². The molecule has 4 nitrogen and oxygen atoms in total. The molecule has 1 saturated heterocycles. The number of piperidine rings is 1. The number of halogens is 1. The second kappa shape index (κ2) is 7.24. The lowest BCUT2D eigenvalue weighted by molar-refractivity contribution is -0.129. The van der Waals surface area contributed by atoms with Crippen LogP contribution in [0.3, 0.4) is 0 Å². The normalized spacial score (nSPS) is 20.2. The van der Waals surface area contributed by atoms with Crippen LogP contribution in [0.15, 0.2) is 24.3 Å². The zero-order chi connectivity index (χ0) is 14.4. The van der Waals surface area contributed by atoms with E-state index in [1.165, 1.54) is 12.1 Å². The molecule has 1 aromatic rings. The summed E-state index contributed by atoms with van der Waals surface area (Å²) in [5.41, 5.74) is 0. The van der Waals surface area contributed by atoms with Crippen LogP contribution in [0, 0.1) is 5.82 Å². The van der Waals surface area contributed by atoms with E-state index in [9.17, 15) is 9.18 Å². The smallest absolute Gasteiger partial charge is 0.261 e. The predicted molar refractivity (Wildman–Crippen MR) is 75.1 cm³/mol. The van der Waals surface area contributed by atoms with Gasteiger partial charge >= 0.3 is 0 Å². The Hall–Kier alpha value is -1.62. The van der Waals surface area contributed by atoms with Gasteiger partial charge in [-0.15, -0.1) is 0 Å². The Balaban J connectivity index is 1.93. The molecule has 0 radical (unpaired) electrons. The van der Waals surface area contributed by atoms with Crippen molar-refractivity contribution >= 4 is 5.91 Å². The van der Waals surface area contributed by atoms with Gasteiger partial charge in [-0.1, -0.05) is 19.1 Å². The third-order valence-electron chi connectivity index (χ3n) is 3.41. The Morgan fingerprint density at radius 1 is 1.55 bits per heavy atom. The molecule has 2 N–H and O–H groups in total. The van der Waals surface area contributed by atoms with Gasteiger partial charge in [0.2, 0.25) is 0 Å². The molecule has 5 heteroatoms. The predicted octanol–water partition coefficient (Wildman–Crippen LogP) is 1.85. The number of ether oxygens (including phenoxy) is 1. The summed E-state index contributed by atoms with van der Waals surface area (Å²) >= 11 is 0. The van der Waals surface area contributed by atoms with E-state index >= 15 is 0 Å². The van der Waals surface area contributed by atoms with Gasteiger partial charge in [0.1, 0.15) is 0 Å². The molecular weight excluding hydrogens is 259 g/mol. The molecule has 110 valence electrons. The van der Waals surface area contributed by atoms with Gasteiger partial charge in [0.05, 0.1) is 0 Å². The topological polar surface area (TPSA) is 50.4 Å². The number of benzene rings is 1. The Bertz CT molecular complexity index is 447. The van der Waals surface area contributed by atoms with E-state index in [1.807, 2.05) is 6.92 Å². The highest BCUT2D eigenvalue weighted by Gasteiger charge is 2.23. The van der Waals surface area contributed by atoms with E-state index in [1.54, 1.807) is 12.1 Å². The maximum Gasteiger partial charge on any atom is 0.261 e. The van der Waals surface area contributed by atoms with E-state index in [2.05, 4.69) is 10.6 Å². The summed E-state index contributed by atoms with van der Waals surface area (Å²) in [6.07, 6.45) is 1.86. The van der Waals surface area contributed by atoms with Gasteiger partial charge < -0.3 is 15.4 Å². The van der Waals surface area contributed by atoms with Crippen LogP contribution >= 0.6 is 0 Å². The molecule has 1 fully saturated rings. The summed E-state index contributed by atoms with van der Waals surface area (Å²) in [4.78, 5) is 12.2. The zero-order valence-electron chi connectivity index (χ0n) is 11.7. The summed E-state index contributed by atoms with van der Waals surface area (Å²) in [6, 6.07) is 6.28. The molecule has 0 saturated carbocycles. The highest BCUT2D eigenvalue weighted by atomic mass is 19.1. The third-order valence-corrected chi connectivity index (χ3v) is 3.41. The molecule has 1 heterocycles. The average Bonchev–Trinajstić information content (AvgIpc) is 2.47. The van der Waals surface area contributed by atoms with Gasteiger partial charge in [0, 0.05) is 12.6 Å². The largest absolute Gasteiger partial charge is 0.478 e. The van der Waals surface area contributed by atoms with Crippen molar-refractivity contribution in [2.24, 2.45) is 0 Å². The van der Waals surface area contributed by atoms with Crippen LogP contribution in [0.1, 0.15) is 26.2 Å². The standard InChI is InChI=1S/C15H21FN2O2/c1-2-13(20-14-8-4-3-7-12(14)16)15(19)18-11-6-5-9-17-10-11/h3-4,7-8,11,13,17H,2,5-6,9-10H2,1H3,(H,18,19)/t11-,13?/m0/s1. The number of carbonyl (C=O) groups is 1. The van der Waals surface area contributed by atoms with Crippen LogP contribution in [0.5, 0.6) is 5.75 Å². The van der Waals surface area contributed by atoms with Crippen LogP contribution in [0.2, 0.25) is 0 Å². The Labute approximate surface area is 118 Å². The molecule has 0 bridgehead atoms. The van der Waals surface area contributed by atoms with Crippen LogP contribution in [-0.4, -0.2) is 31.1 Å². The first kappa shape index (κ1) is 14.8. The molecule has 2 atom stereocenters. The second-order valence-corrected chi connectivity index (χ2v) is 5.00. The van der Waals surface area contributed by atoms with E-state index < -0.39 is 11.9 Å². The SMILES string of the molecule is CCC(Oc1ccccc1F)C(=O)N[C@H]1CCCNC1. The van der Waals surface area contributed by atoms with Gasteiger partial charge in [-0.05, 0) is 37.9 Å². The molecule has 1 amide bonds. The molecule has 0 aliphatic carbocycles.